The van der Waals surface area contributed by atoms with Crippen LogP contribution in [0.25, 0.3) is 0 Å². The van der Waals surface area contributed by atoms with Crippen molar-refractivity contribution in [1.29, 1.82) is 0 Å². The van der Waals surface area contributed by atoms with Crippen LogP contribution in [0, 0.1) is 6.92 Å². The minimum absolute atomic E-state index is 0.296. The van der Waals surface area contributed by atoms with Gasteiger partial charge in [-0.25, -0.2) is 4.79 Å². The number of nitrogens with one attached hydrogen (secondary N) is 1. The molecular weight excluding hydrogens is 446 g/mol. The number of benzene rings is 4. The van der Waals surface area contributed by atoms with Gasteiger partial charge in [0, 0.05) is 28.4 Å². The van der Waals surface area contributed by atoms with Crippen molar-refractivity contribution in [2.24, 2.45) is 0 Å². The van der Waals surface area contributed by atoms with Crippen LogP contribution >= 0.6 is 11.6 Å². The van der Waals surface area contributed by atoms with Crippen molar-refractivity contribution in [3.05, 3.63) is 136 Å². The molecule has 4 nitrogen and oxygen atoms in total. The lowest BCUT2D eigenvalue weighted by Gasteiger charge is -2.18. The predicted octanol–water partition coefficient (Wildman–Crippen LogP) is 7.04. The summed E-state index contributed by atoms with van der Waals surface area (Å²) in [4.78, 5) is 26.1. The van der Waals surface area contributed by atoms with E-state index < -0.39 is 12.1 Å². The zero-order chi connectivity index (χ0) is 23.9. The first-order valence-electron chi connectivity index (χ1n) is 10.9. The molecule has 1 atom stereocenters. The number of Topliss-reactive ketones (excluding diaryl/α,β-unsaturated/α-hetero) is 1. The molecule has 1 N–H and O–H groups in total. The molecule has 0 spiro atoms. The molecule has 0 aromatic heterocycles. The average molecular weight is 470 g/mol. The fourth-order valence-electron chi connectivity index (χ4n) is 3.47. The monoisotopic (exact) mass is 469 g/mol. The van der Waals surface area contributed by atoms with E-state index in [0.29, 0.717) is 28.3 Å². The molecule has 0 heterocycles. The van der Waals surface area contributed by atoms with E-state index in [2.05, 4.69) is 17.4 Å². The maximum atomic E-state index is 13.2. The van der Waals surface area contributed by atoms with Crippen LogP contribution in [0.2, 0.25) is 5.02 Å². The van der Waals surface area contributed by atoms with Crippen LogP contribution in [0.4, 0.5) is 5.69 Å². The summed E-state index contributed by atoms with van der Waals surface area (Å²) in [6.45, 7) is 2.67. The van der Waals surface area contributed by atoms with Crippen LogP contribution in [0.15, 0.2) is 103 Å². The fraction of sp³-hybridized carbons (Fsp3) is 0.103. The molecule has 0 aliphatic rings. The van der Waals surface area contributed by atoms with Gasteiger partial charge in [-0.3, -0.25) is 4.79 Å². The van der Waals surface area contributed by atoms with Crippen LogP contribution in [0.1, 0.15) is 43.5 Å². The quantitative estimate of drug-likeness (QED) is 0.222. The Balaban J connectivity index is 1.47. The van der Waals surface area contributed by atoms with Gasteiger partial charge in [0.25, 0.3) is 0 Å². The lowest BCUT2D eigenvalue weighted by Crippen LogP contribution is -2.20. The Morgan fingerprint density at radius 3 is 2.09 bits per heavy atom. The highest BCUT2D eigenvalue weighted by Gasteiger charge is 2.26. The number of carbonyl (C=O) groups is 2. The lowest BCUT2D eigenvalue weighted by atomic mass is 9.99. The Kier molecular flexibility index (Phi) is 7.41. The zero-order valence-electron chi connectivity index (χ0n) is 18.7. The third-order valence-electron chi connectivity index (χ3n) is 5.43. The standard InChI is InChI=1S/C29H24ClNO3/c1-20-7-17-26(18-8-20)31-19-21-9-11-24(12-10-21)29(33)34-28(23-13-15-25(30)16-14-23)27(32)22-5-3-2-4-6-22/h2-18,28,31H,19H2,1H3/t28-/m1/s1. The third-order valence-corrected chi connectivity index (χ3v) is 5.68. The molecule has 4 rings (SSSR count). The Labute approximate surface area is 204 Å². The zero-order valence-corrected chi connectivity index (χ0v) is 19.5. The molecule has 34 heavy (non-hydrogen) atoms. The molecule has 170 valence electrons. The maximum Gasteiger partial charge on any atom is 0.339 e. The second-order valence-corrected chi connectivity index (χ2v) is 8.42. The molecule has 0 fully saturated rings. The number of ketones is 1. The van der Waals surface area contributed by atoms with Crippen LogP contribution in [0.3, 0.4) is 0 Å². The summed E-state index contributed by atoms with van der Waals surface area (Å²) in [6.07, 6.45) is -1.07. The molecule has 0 bridgehead atoms. The first-order valence-corrected chi connectivity index (χ1v) is 11.3. The van der Waals surface area contributed by atoms with Crippen LogP contribution in [-0.2, 0) is 11.3 Å². The number of anilines is 1. The molecule has 4 aromatic rings. The van der Waals surface area contributed by atoms with Gasteiger partial charge in [0.1, 0.15) is 0 Å². The van der Waals surface area contributed by atoms with E-state index in [1.807, 2.05) is 37.3 Å². The normalized spacial score (nSPS) is 11.5. The smallest absolute Gasteiger partial charge is 0.339 e. The van der Waals surface area contributed by atoms with Crippen LogP contribution < -0.4 is 5.32 Å². The minimum Gasteiger partial charge on any atom is -0.445 e. The maximum absolute atomic E-state index is 13.2. The van der Waals surface area contributed by atoms with Gasteiger partial charge in [0.15, 0.2) is 6.10 Å². The molecule has 5 heteroatoms. The van der Waals surface area contributed by atoms with Gasteiger partial charge in [-0.05, 0) is 48.9 Å². The van der Waals surface area contributed by atoms with Crippen molar-refractivity contribution in [2.45, 2.75) is 19.6 Å². The van der Waals surface area contributed by atoms with Gasteiger partial charge >= 0.3 is 5.97 Å². The number of halogens is 1. The second-order valence-electron chi connectivity index (χ2n) is 7.98. The number of rotatable bonds is 8. The van der Waals surface area contributed by atoms with Crippen molar-refractivity contribution >= 4 is 29.0 Å². The van der Waals surface area contributed by atoms with E-state index in [1.165, 1.54) is 5.56 Å². The summed E-state index contributed by atoms with van der Waals surface area (Å²) in [5.74, 6) is -0.863. The summed E-state index contributed by atoms with van der Waals surface area (Å²) in [7, 11) is 0. The molecule has 4 aromatic carbocycles. The van der Waals surface area contributed by atoms with Crippen molar-refractivity contribution in [2.75, 3.05) is 5.32 Å². The predicted molar refractivity (Wildman–Crippen MR) is 135 cm³/mol. The lowest BCUT2D eigenvalue weighted by molar-refractivity contribution is 0.0280. The van der Waals surface area contributed by atoms with Crippen LogP contribution in [-0.4, -0.2) is 11.8 Å². The van der Waals surface area contributed by atoms with Crippen molar-refractivity contribution < 1.29 is 14.3 Å². The van der Waals surface area contributed by atoms with Gasteiger partial charge < -0.3 is 10.1 Å². The summed E-state index contributed by atoms with van der Waals surface area (Å²) in [5, 5.41) is 3.89. The Morgan fingerprint density at radius 2 is 1.44 bits per heavy atom. The Bertz CT molecular complexity index is 1250. The number of carbonyl (C=O) groups excluding carboxylic acids is 2. The molecular formula is C29H24ClNO3. The van der Waals surface area contributed by atoms with Gasteiger partial charge in [0.05, 0.1) is 5.56 Å². The highest BCUT2D eigenvalue weighted by atomic mass is 35.5. The number of aryl methyl sites for hydroxylation is 1. The van der Waals surface area contributed by atoms with Gasteiger partial charge in [-0.15, -0.1) is 0 Å². The molecule has 0 aliphatic carbocycles. The summed E-state index contributed by atoms with van der Waals surface area (Å²) in [5.41, 5.74) is 4.65. The van der Waals surface area contributed by atoms with Gasteiger partial charge in [-0.2, -0.15) is 0 Å². The number of hydrogen-bond donors (Lipinski definition) is 1. The van der Waals surface area contributed by atoms with E-state index >= 15 is 0 Å². The van der Waals surface area contributed by atoms with Crippen molar-refractivity contribution in [1.82, 2.24) is 0 Å². The first kappa shape index (κ1) is 23.3. The molecule has 0 unspecified atom stereocenters. The average Bonchev–Trinajstić information content (AvgIpc) is 2.88. The largest absolute Gasteiger partial charge is 0.445 e. The number of hydrogen-bond acceptors (Lipinski definition) is 4. The minimum atomic E-state index is -1.07. The number of ether oxygens (including phenoxy) is 1. The topological polar surface area (TPSA) is 55.4 Å². The summed E-state index contributed by atoms with van der Waals surface area (Å²) < 4.78 is 5.71. The fourth-order valence-corrected chi connectivity index (χ4v) is 3.60. The SMILES string of the molecule is Cc1ccc(NCc2ccc(C(=O)O[C@@H](C(=O)c3ccccc3)c3ccc(Cl)cc3)cc2)cc1. The third kappa shape index (κ3) is 5.91. The van der Waals surface area contributed by atoms with Gasteiger partial charge in [0.2, 0.25) is 5.78 Å². The van der Waals surface area contributed by atoms with E-state index in [1.54, 1.807) is 60.7 Å². The Morgan fingerprint density at radius 1 is 0.794 bits per heavy atom. The van der Waals surface area contributed by atoms with E-state index in [9.17, 15) is 9.59 Å². The van der Waals surface area contributed by atoms with Crippen LogP contribution in [0.5, 0.6) is 0 Å². The summed E-state index contributed by atoms with van der Waals surface area (Å²) in [6, 6.07) is 30.8. The summed E-state index contributed by atoms with van der Waals surface area (Å²) >= 11 is 6.00. The number of esters is 1. The highest BCUT2D eigenvalue weighted by Crippen LogP contribution is 2.26. The molecule has 0 radical (unpaired) electrons. The van der Waals surface area contributed by atoms with Crippen molar-refractivity contribution in [3.8, 4) is 0 Å². The highest BCUT2D eigenvalue weighted by molar-refractivity contribution is 6.30. The Hall–Kier alpha value is -3.89. The molecule has 0 saturated heterocycles. The molecule has 0 amide bonds. The first-order chi connectivity index (χ1) is 16.5. The molecule has 0 saturated carbocycles. The van der Waals surface area contributed by atoms with Crippen molar-refractivity contribution in [3.63, 3.8) is 0 Å². The van der Waals surface area contributed by atoms with E-state index in [0.717, 1.165) is 11.3 Å². The van der Waals surface area contributed by atoms with E-state index in [-0.39, 0.29) is 5.78 Å². The van der Waals surface area contributed by atoms with E-state index in [4.69, 9.17) is 16.3 Å². The second kappa shape index (κ2) is 10.8. The molecule has 0 aliphatic heterocycles. The van der Waals surface area contributed by atoms with Gasteiger partial charge in [-0.1, -0.05) is 83.9 Å².